The van der Waals surface area contributed by atoms with Gasteiger partial charge in [0.15, 0.2) is 5.82 Å². The molecule has 0 bridgehead atoms. The van der Waals surface area contributed by atoms with E-state index in [0.29, 0.717) is 37.9 Å². The van der Waals surface area contributed by atoms with Gasteiger partial charge in [-0.25, -0.2) is 4.98 Å². The lowest BCUT2D eigenvalue weighted by atomic mass is 9.89. The van der Waals surface area contributed by atoms with E-state index < -0.39 is 5.54 Å². The van der Waals surface area contributed by atoms with Crippen molar-refractivity contribution < 1.29 is 18.8 Å². The molecule has 10 heteroatoms. The van der Waals surface area contributed by atoms with E-state index in [1.54, 1.807) is 6.20 Å². The molecule has 4 rings (SSSR count). The highest BCUT2D eigenvalue weighted by molar-refractivity contribution is 5.76. The number of carbonyl (C=O) groups is 2. The molecule has 0 radical (unpaired) electrons. The Kier molecular flexibility index (Phi) is 8.10. The van der Waals surface area contributed by atoms with Crippen LogP contribution in [0.25, 0.3) is 0 Å². The first-order valence-electron chi connectivity index (χ1n) is 12.2. The Bertz CT molecular complexity index is 964. The van der Waals surface area contributed by atoms with Crippen LogP contribution in [0.15, 0.2) is 22.9 Å². The molecule has 2 N–H and O–H groups in total. The predicted molar refractivity (Wildman–Crippen MR) is 125 cm³/mol. The number of rotatable bonds is 8. The standard InChI is InChI=1S/C24H34N6O4/c1-18(31)28-24(9-4-2-3-5-10-24)23-27-22(34-29-23)7-6-21(32)26-17-19-8-11-25-20(16-19)30-12-14-33-15-13-30/h8,11,16H,2-7,9-10,12-15,17H2,1H3,(H,26,32)(H,28,31). The summed E-state index contributed by atoms with van der Waals surface area (Å²) in [7, 11) is 0. The van der Waals surface area contributed by atoms with Crippen molar-refractivity contribution in [2.75, 3.05) is 31.2 Å². The Hall–Kier alpha value is -3.01. The van der Waals surface area contributed by atoms with Gasteiger partial charge in [-0.1, -0.05) is 30.8 Å². The van der Waals surface area contributed by atoms with Crippen molar-refractivity contribution >= 4 is 17.6 Å². The average Bonchev–Trinajstić information content (AvgIpc) is 3.22. The van der Waals surface area contributed by atoms with Gasteiger partial charge in [-0.05, 0) is 30.5 Å². The number of hydrogen-bond donors (Lipinski definition) is 2. The third kappa shape index (κ3) is 6.31. The fourth-order valence-corrected chi connectivity index (χ4v) is 4.67. The molecule has 2 fully saturated rings. The van der Waals surface area contributed by atoms with Crippen LogP contribution < -0.4 is 15.5 Å². The maximum atomic E-state index is 12.4. The quantitative estimate of drug-likeness (QED) is 0.563. The summed E-state index contributed by atoms with van der Waals surface area (Å²) in [6.45, 7) is 4.98. The van der Waals surface area contributed by atoms with Crippen molar-refractivity contribution in [3.8, 4) is 0 Å². The van der Waals surface area contributed by atoms with Crippen LogP contribution in [0.5, 0.6) is 0 Å². The molecule has 0 spiro atoms. The normalized spacial score (nSPS) is 18.2. The fraction of sp³-hybridized carbons (Fsp3) is 0.625. The number of amides is 2. The van der Waals surface area contributed by atoms with Crippen LogP contribution in [0.3, 0.4) is 0 Å². The van der Waals surface area contributed by atoms with Crippen molar-refractivity contribution in [3.05, 3.63) is 35.6 Å². The van der Waals surface area contributed by atoms with Gasteiger partial charge in [0.05, 0.1) is 13.2 Å². The van der Waals surface area contributed by atoms with Gasteiger partial charge in [0.2, 0.25) is 17.7 Å². The summed E-state index contributed by atoms with van der Waals surface area (Å²) in [5.41, 5.74) is 0.418. The van der Waals surface area contributed by atoms with Gasteiger partial charge in [0.25, 0.3) is 0 Å². The second kappa shape index (κ2) is 11.4. The molecule has 184 valence electrons. The number of nitrogens with one attached hydrogen (secondary N) is 2. The van der Waals surface area contributed by atoms with E-state index in [-0.39, 0.29) is 18.2 Å². The molecular weight excluding hydrogens is 436 g/mol. The molecule has 2 aliphatic rings. The molecule has 2 aromatic rings. The van der Waals surface area contributed by atoms with Crippen LogP contribution in [0, 0.1) is 0 Å². The van der Waals surface area contributed by atoms with E-state index in [2.05, 4.69) is 30.7 Å². The largest absolute Gasteiger partial charge is 0.378 e. The highest BCUT2D eigenvalue weighted by Crippen LogP contribution is 2.34. The molecule has 0 unspecified atom stereocenters. The van der Waals surface area contributed by atoms with Gasteiger partial charge in [-0.3, -0.25) is 9.59 Å². The van der Waals surface area contributed by atoms with Crippen molar-refractivity contribution in [2.24, 2.45) is 0 Å². The zero-order chi connectivity index (χ0) is 23.8. The minimum Gasteiger partial charge on any atom is -0.378 e. The summed E-state index contributed by atoms with van der Waals surface area (Å²) in [5, 5.41) is 10.2. The van der Waals surface area contributed by atoms with E-state index in [1.165, 1.54) is 6.92 Å². The molecule has 1 aliphatic heterocycles. The van der Waals surface area contributed by atoms with Crippen LogP contribution in [0.4, 0.5) is 5.82 Å². The van der Waals surface area contributed by atoms with E-state index in [4.69, 9.17) is 9.26 Å². The monoisotopic (exact) mass is 470 g/mol. The number of ether oxygens (including phenoxy) is 1. The topological polar surface area (TPSA) is 122 Å². The highest BCUT2D eigenvalue weighted by Gasteiger charge is 2.38. The first-order chi connectivity index (χ1) is 16.5. The summed E-state index contributed by atoms with van der Waals surface area (Å²) >= 11 is 0. The van der Waals surface area contributed by atoms with Crippen molar-refractivity contribution in [2.45, 2.75) is 70.4 Å². The molecule has 2 amide bonds. The summed E-state index contributed by atoms with van der Waals surface area (Å²) in [4.78, 5) is 35.5. The van der Waals surface area contributed by atoms with Crippen LogP contribution in [-0.2, 0) is 32.8 Å². The minimum atomic E-state index is -0.578. The van der Waals surface area contributed by atoms with Gasteiger partial charge < -0.3 is 24.8 Å². The van der Waals surface area contributed by atoms with Gasteiger partial charge in [0.1, 0.15) is 11.4 Å². The van der Waals surface area contributed by atoms with Gasteiger partial charge >= 0.3 is 0 Å². The smallest absolute Gasteiger partial charge is 0.227 e. The number of anilines is 1. The predicted octanol–water partition coefficient (Wildman–Crippen LogP) is 2.24. The molecule has 0 aromatic carbocycles. The van der Waals surface area contributed by atoms with Crippen LogP contribution in [0.2, 0.25) is 0 Å². The number of nitrogens with zero attached hydrogens (tertiary/aromatic N) is 4. The fourth-order valence-electron chi connectivity index (χ4n) is 4.67. The molecule has 1 saturated carbocycles. The lowest BCUT2D eigenvalue weighted by Gasteiger charge is -2.30. The number of pyridine rings is 1. The summed E-state index contributed by atoms with van der Waals surface area (Å²) in [5.74, 6) is 1.65. The van der Waals surface area contributed by atoms with Crippen molar-refractivity contribution in [3.63, 3.8) is 0 Å². The van der Waals surface area contributed by atoms with Gasteiger partial charge in [-0.15, -0.1) is 0 Å². The van der Waals surface area contributed by atoms with Gasteiger partial charge in [0, 0.05) is 45.6 Å². The zero-order valence-corrected chi connectivity index (χ0v) is 19.8. The molecule has 2 aromatic heterocycles. The SMILES string of the molecule is CC(=O)NC1(c2noc(CCC(=O)NCc3ccnc(N4CCOCC4)c3)n2)CCCCCC1. The maximum Gasteiger partial charge on any atom is 0.227 e. The third-order valence-electron chi connectivity index (χ3n) is 6.47. The van der Waals surface area contributed by atoms with Crippen LogP contribution >= 0.6 is 0 Å². The molecular formula is C24H34N6O4. The number of aromatic nitrogens is 3. The Labute approximate surface area is 199 Å². The van der Waals surface area contributed by atoms with E-state index in [9.17, 15) is 9.59 Å². The zero-order valence-electron chi connectivity index (χ0n) is 19.8. The van der Waals surface area contributed by atoms with Crippen LogP contribution in [0.1, 0.15) is 69.1 Å². The number of morpholine rings is 1. The summed E-state index contributed by atoms with van der Waals surface area (Å²) < 4.78 is 10.8. The lowest BCUT2D eigenvalue weighted by Crippen LogP contribution is -2.45. The number of carbonyl (C=O) groups excluding carboxylic acids is 2. The maximum absolute atomic E-state index is 12.4. The van der Waals surface area contributed by atoms with E-state index in [1.807, 2.05) is 12.1 Å². The van der Waals surface area contributed by atoms with Gasteiger partial charge in [-0.2, -0.15) is 4.98 Å². The summed E-state index contributed by atoms with van der Waals surface area (Å²) in [6, 6.07) is 3.91. The van der Waals surface area contributed by atoms with Crippen LogP contribution in [-0.4, -0.2) is 53.2 Å². The lowest BCUT2D eigenvalue weighted by molar-refractivity contribution is -0.122. The highest BCUT2D eigenvalue weighted by atomic mass is 16.5. The third-order valence-corrected chi connectivity index (χ3v) is 6.47. The summed E-state index contributed by atoms with van der Waals surface area (Å²) in [6.07, 6.45) is 8.25. The first-order valence-corrected chi connectivity index (χ1v) is 12.2. The minimum absolute atomic E-state index is 0.0875. The molecule has 0 atom stereocenters. The van der Waals surface area contributed by atoms with E-state index >= 15 is 0 Å². The number of hydrogen-bond acceptors (Lipinski definition) is 8. The molecule has 10 nitrogen and oxygen atoms in total. The second-order valence-corrected chi connectivity index (χ2v) is 9.09. The van der Waals surface area contributed by atoms with E-state index in [0.717, 1.165) is 63.0 Å². The average molecular weight is 471 g/mol. The molecule has 34 heavy (non-hydrogen) atoms. The second-order valence-electron chi connectivity index (χ2n) is 9.09. The van der Waals surface area contributed by atoms with Crippen molar-refractivity contribution in [1.29, 1.82) is 0 Å². The Morgan fingerprint density at radius 1 is 1.15 bits per heavy atom. The molecule has 1 saturated heterocycles. The Morgan fingerprint density at radius 3 is 2.65 bits per heavy atom. The first kappa shape index (κ1) is 24.1. The molecule has 1 aliphatic carbocycles. The number of aryl methyl sites for hydroxylation is 1. The Morgan fingerprint density at radius 2 is 1.91 bits per heavy atom. The van der Waals surface area contributed by atoms with Crippen molar-refractivity contribution in [1.82, 2.24) is 25.8 Å². The molecule has 3 heterocycles. The Balaban J connectivity index is 1.29.